The predicted molar refractivity (Wildman–Crippen MR) is 137 cm³/mol. The first kappa shape index (κ1) is 22.1. The van der Waals surface area contributed by atoms with Crippen LogP contribution in [0.3, 0.4) is 0 Å². The van der Waals surface area contributed by atoms with Crippen LogP contribution in [0.5, 0.6) is 0 Å². The first-order valence-corrected chi connectivity index (χ1v) is 13.2. The molecule has 3 aromatic carbocycles. The molecule has 0 spiro atoms. The Labute approximate surface area is 206 Å². The van der Waals surface area contributed by atoms with Crippen LogP contribution in [0.2, 0.25) is 0 Å². The number of fused-ring (bicyclic) bond motifs is 3. The number of imidazole rings is 1. The second kappa shape index (κ2) is 8.39. The highest BCUT2D eigenvalue weighted by atomic mass is 32.2. The number of carbonyl (C=O) groups excluding carboxylic acids is 2. The van der Waals surface area contributed by atoms with Crippen molar-refractivity contribution in [2.75, 3.05) is 5.32 Å². The number of sulfone groups is 1. The van der Waals surface area contributed by atoms with E-state index in [1.54, 1.807) is 48.7 Å². The van der Waals surface area contributed by atoms with Crippen molar-refractivity contribution in [2.24, 2.45) is 0 Å². The van der Waals surface area contributed by atoms with Crippen LogP contribution >= 0.6 is 0 Å². The van der Waals surface area contributed by atoms with E-state index in [0.717, 1.165) is 27.5 Å². The Morgan fingerprint density at radius 2 is 1.72 bits per heavy atom. The number of benzene rings is 3. The average Bonchev–Trinajstić information content (AvgIpc) is 3.41. The van der Waals surface area contributed by atoms with Gasteiger partial charge in [0, 0.05) is 23.6 Å². The molecular formula is C27H20N4O4S. The van der Waals surface area contributed by atoms with Crippen molar-refractivity contribution in [1.82, 2.24) is 15.0 Å². The minimum Gasteiger partial charge on any atom is -0.324 e. The lowest BCUT2D eigenvalue weighted by Crippen LogP contribution is -2.14. The number of pyridine rings is 1. The van der Waals surface area contributed by atoms with Gasteiger partial charge in [-0.1, -0.05) is 48.5 Å². The van der Waals surface area contributed by atoms with Crippen molar-refractivity contribution in [3.8, 4) is 0 Å². The molecule has 0 aliphatic carbocycles. The number of rotatable bonds is 5. The van der Waals surface area contributed by atoms with Crippen LogP contribution in [0.1, 0.15) is 37.5 Å². The molecule has 36 heavy (non-hydrogen) atoms. The molecule has 0 fully saturated rings. The summed E-state index contributed by atoms with van der Waals surface area (Å²) in [5.41, 5.74) is 4.03. The Hall–Kier alpha value is -4.37. The molecule has 3 heterocycles. The van der Waals surface area contributed by atoms with Gasteiger partial charge in [0.2, 0.25) is 5.95 Å². The molecule has 1 aliphatic rings. The summed E-state index contributed by atoms with van der Waals surface area (Å²) in [5.74, 6) is -0.295. The van der Waals surface area contributed by atoms with E-state index in [2.05, 4.69) is 20.3 Å². The molecule has 2 N–H and O–H groups in total. The Morgan fingerprint density at radius 3 is 2.58 bits per heavy atom. The summed E-state index contributed by atoms with van der Waals surface area (Å²) in [6, 6.07) is 19.9. The maximum atomic E-state index is 13.2. The second-order valence-electron chi connectivity index (χ2n) is 8.89. The third-order valence-corrected chi connectivity index (χ3v) is 7.80. The maximum absolute atomic E-state index is 13.2. The number of amides is 1. The number of aromatic amines is 1. The number of hydrogen-bond donors (Lipinski definition) is 2. The zero-order valence-electron chi connectivity index (χ0n) is 19.0. The summed E-state index contributed by atoms with van der Waals surface area (Å²) in [6.45, 7) is 0. The van der Waals surface area contributed by atoms with Gasteiger partial charge < -0.3 is 4.98 Å². The van der Waals surface area contributed by atoms with Gasteiger partial charge in [-0.25, -0.2) is 13.4 Å². The van der Waals surface area contributed by atoms with Crippen LogP contribution in [-0.2, 0) is 27.8 Å². The quantitative estimate of drug-likeness (QED) is 0.352. The minimum atomic E-state index is -3.11. The summed E-state index contributed by atoms with van der Waals surface area (Å²) in [6.07, 6.45) is 1.76. The Kier molecular flexibility index (Phi) is 5.15. The van der Waals surface area contributed by atoms with E-state index in [0.29, 0.717) is 16.6 Å². The smallest absolute Gasteiger partial charge is 0.276 e. The van der Waals surface area contributed by atoms with Gasteiger partial charge in [-0.3, -0.25) is 19.9 Å². The first-order valence-electron chi connectivity index (χ1n) is 11.3. The van der Waals surface area contributed by atoms with Crippen molar-refractivity contribution >= 4 is 49.3 Å². The van der Waals surface area contributed by atoms with Gasteiger partial charge in [-0.2, -0.15) is 0 Å². The van der Waals surface area contributed by atoms with Crippen molar-refractivity contribution < 1.29 is 18.0 Å². The zero-order chi connectivity index (χ0) is 24.9. The molecule has 9 heteroatoms. The highest BCUT2D eigenvalue weighted by Gasteiger charge is 2.25. The fourth-order valence-electron chi connectivity index (χ4n) is 4.57. The van der Waals surface area contributed by atoms with Crippen molar-refractivity contribution in [3.05, 3.63) is 101 Å². The second-order valence-corrected chi connectivity index (χ2v) is 11.0. The first-order chi connectivity index (χ1) is 17.3. The lowest BCUT2D eigenvalue weighted by molar-refractivity contribution is 0.0992. The van der Waals surface area contributed by atoms with Crippen molar-refractivity contribution in [3.63, 3.8) is 0 Å². The Balaban J connectivity index is 1.24. The third-order valence-electron chi connectivity index (χ3n) is 6.29. The summed E-state index contributed by atoms with van der Waals surface area (Å²) in [7, 11) is -3.11. The molecule has 1 aliphatic heterocycles. The van der Waals surface area contributed by atoms with Gasteiger partial charge in [0.25, 0.3) is 5.91 Å². The molecule has 8 nitrogen and oxygen atoms in total. The van der Waals surface area contributed by atoms with Crippen molar-refractivity contribution in [1.29, 1.82) is 0 Å². The van der Waals surface area contributed by atoms with E-state index >= 15 is 0 Å². The number of anilines is 1. The topological polar surface area (TPSA) is 122 Å². The molecule has 6 rings (SSSR count). The molecule has 178 valence electrons. The standard InChI is InChI=1S/C27H20N4O4S/c32-24(11-16-8-9-19-14-36(34,35)15-20(19)10-16)21-6-3-7-22-25(21)30-27(29-22)31-26(33)23-12-17-4-1-2-5-18(17)13-28-23/h1-10,12-13H,11,14-15H2,(H2,29,30,31,33). The molecule has 0 radical (unpaired) electrons. The van der Waals surface area contributed by atoms with Crippen LogP contribution in [0.15, 0.2) is 72.9 Å². The average molecular weight is 497 g/mol. The molecular weight excluding hydrogens is 476 g/mol. The highest BCUT2D eigenvalue weighted by molar-refractivity contribution is 7.90. The number of Topliss-reactive ketones (excluding diaryl/α,β-unsaturated/α-hetero) is 1. The fraction of sp³-hybridized carbons (Fsp3) is 0.111. The number of ketones is 1. The van der Waals surface area contributed by atoms with Crippen LogP contribution in [0.25, 0.3) is 21.8 Å². The zero-order valence-corrected chi connectivity index (χ0v) is 19.8. The largest absolute Gasteiger partial charge is 0.324 e. The molecule has 2 aromatic heterocycles. The van der Waals surface area contributed by atoms with Crippen LogP contribution < -0.4 is 5.32 Å². The Bertz CT molecular complexity index is 1810. The molecule has 1 amide bonds. The lowest BCUT2D eigenvalue weighted by atomic mass is 9.99. The normalized spacial score (nSPS) is 14.1. The number of aromatic nitrogens is 3. The number of nitrogens with zero attached hydrogens (tertiary/aromatic N) is 2. The van der Waals surface area contributed by atoms with Crippen LogP contribution in [-0.4, -0.2) is 35.1 Å². The number of H-pyrrole nitrogens is 1. The number of nitrogens with one attached hydrogen (secondary N) is 2. The van der Waals surface area contributed by atoms with E-state index < -0.39 is 15.7 Å². The Morgan fingerprint density at radius 1 is 0.917 bits per heavy atom. The number of hydrogen-bond acceptors (Lipinski definition) is 6. The van der Waals surface area contributed by atoms with Gasteiger partial charge in [0.05, 0.1) is 17.0 Å². The van der Waals surface area contributed by atoms with E-state index in [-0.39, 0.29) is 35.4 Å². The summed E-state index contributed by atoms with van der Waals surface area (Å²) in [5, 5.41) is 4.57. The van der Waals surface area contributed by atoms with E-state index in [9.17, 15) is 18.0 Å². The van der Waals surface area contributed by atoms with Crippen molar-refractivity contribution in [2.45, 2.75) is 17.9 Å². The van der Waals surface area contributed by atoms with Crippen LogP contribution in [0, 0.1) is 0 Å². The molecule has 0 unspecified atom stereocenters. The monoisotopic (exact) mass is 496 g/mol. The summed E-state index contributed by atoms with van der Waals surface area (Å²) < 4.78 is 23.8. The van der Waals surface area contributed by atoms with Gasteiger partial charge in [-0.15, -0.1) is 0 Å². The maximum Gasteiger partial charge on any atom is 0.276 e. The lowest BCUT2D eigenvalue weighted by Gasteiger charge is -2.05. The van der Waals surface area contributed by atoms with Gasteiger partial charge in [0.15, 0.2) is 15.6 Å². The SMILES string of the molecule is O=C(Nc1nc2c(C(=O)Cc3ccc4c(c3)CS(=O)(=O)C4)cccc2[nH]1)c1cc2ccccc2cn1. The summed E-state index contributed by atoms with van der Waals surface area (Å²) >= 11 is 0. The molecule has 5 aromatic rings. The van der Waals surface area contributed by atoms with Gasteiger partial charge in [-0.05, 0) is 40.3 Å². The molecule has 0 saturated carbocycles. The van der Waals surface area contributed by atoms with Gasteiger partial charge in [0.1, 0.15) is 11.2 Å². The minimum absolute atomic E-state index is 0.00837. The molecule has 0 bridgehead atoms. The van der Waals surface area contributed by atoms with Gasteiger partial charge >= 0.3 is 0 Å². The van der Waals surface area contributed by atoms with Crippen LogP contribution in [0.4, 0.5) is 5.95 Å². The third kappa shape index (κ3) is 4.14. The number of carbonyl (C=O) groups is 2. The summed E-state index contributed by atoms with van der Waals surface area (Å²) in [4.78, 5) is 37.7. The van der Waals surface area contributed by atoms with E-state index in [4.69, 9.17) is 0 Å². The molecule has 0 atom stereocenters. The van der Waals surface area contributed by atoms with E-state index in [1.165, 1.54) is 0 Å². The predicted octanol–water partition coefficient (Wildman–Crippen LogP) is 4.22. The highest BCUT2D eigenvalue weighted by Crippen LogP contribution is 2.27. The molecule has 0 saturated heterocycles. The number of para-hydroxylation sites is 1. The van der Waals surface area contributed by atoms with E-state index in [1.807, 2.05) is 24.3 Å². The fourth-order valence-corrected chi connectivity index (χ4v) is 6.17.